The van der Waals surface area contributed by atoms with Crippen molar-refractivity contribution in [3.8, 4) is 0 Å². The van der Waals surface area contributed by atoms with Gasteiger partial charge in [-0.1, -0.05) is 28.4 Å². The van der Waals surface area contributed by atoms with Crippen molar-refractivity contribution in [2.45, 2.75) is 25.3 Å². The van der Waals surface area contributed by atoms with E-state index >= 15 is 0 Å². The Balaban J connectivity index is 2.34. The Bertz CT molecular complexity index is 425. The fourth-order valence-electron chi connectivity index (χ4n) is 3.13. The number of benzene rings is 1. The van der Waals surface area contributed by atoms with Gasteiger partial charge in [-0.2, -0.15) is 0 Å². The zero-order valence-electron chi connectivity index (χ0n) is 11.6. The van der Waals surface area contributed by atoms with Crippen LogP contribution in [0.5, 0.6) is 0 Å². The van der Waals surface area contributed by atoms with E-state index in [0.29, 0.717) is 12.0 Å². The molecule has 106 valence electrons. The number of rotatable bonds is 3. The summed E-state index contributed by atoms with van der Waals surface area (Å²) in [5.74, 6) is 0.385. The lowest BCUT2D eigenvalue weighted by Gasteiger charge is -2.33. The summed E-state index contributed by atoms with van der Waals surface area (Å²) in [7, 11) is 4.18. The van der Waals surface area contributed by atoms with Gasteiger partial charge in [0, 0.05) is 10.5 Å². The third-order valence-corrected chi connectivity index (χ3v) is 4.69. The van der Waals surface area contributed by atoms with Gasteiger partial charge >= 0.3 is 0 Å². The second-order valence-electron chi connectivity index (χ2n) is 5.40. The molecule has 1 heterocycles. The van der Waals surface area contributed by atoms with E-state index in [1.807, 2.05) is 13.1 Å². The van der Waals surface area contributed by atoms with Crippen LogP contribution in [0.4, 0.5) is 4.39 Å². The molecule has 0 amide bonds. The SMILES string of the molecule is CNCC1CCCCN(C)C1c1ccc(F)cc1Br. The van der Waals surface area contributed by atoms with Crippen molar-refractivity contribution < 1.29 is 4.39 Å². The molecule has 1 aromatic rings. The van der Waals surface area contributed by atoms with Crippen LogP contribution < -0.4 is 5.32 Å². The molecule has 19 heavy (non-hydrogen) atoms. The molecule has 1 N–H and O–H groups in total. The number of likely N-dealkylation sites (tertiary alicyclic amines) is 1. The number of hydrogen-bond donors (Lipinski definition) is 1. The van der Waals surface area contributed by atoms with Gasteiger partial charge in [-0.25, -0.2) is 4.39 Å². The summed E-state index contributed by atoms with van der Waals surface area (Å²) in [5, 5.41) is 3.30. The molecule has 2 unspecified atom stereocenters. The summed E-state index contributed by atoms with van der Waals surface area (Å²) in [5.41, 5.74) is 1.20. The molecule has 2 atom stereocenters. The van der Waals surface area contributed by atoms with Crippen molar-refractivity contribution in [1.82, 2.24) is 10.2 Å². The summed E-state index contributed by atoms with van der Waals surface area (Å²) in [6, 6.07) is 5.42. The summed E-state index contributed by atoms with van der Waals surface area (Å²) < 4.78 is 14.2. The zero-order valence-corrected chi connectivity index (χ0v) is 13.2. The molecule has 2 rings (SSSR count). The number of nitrogens with zero attached hydrogens (tertiary/aromatic N) is 1. The summed E-state index contributed by atoms with van der Waals surface area (Å²) in [6.07, 6.45) is 3.73. The van der Waals surface area contributed by atoms with Crippen LogP contribution in [0.25, 0.3) is 0 Å². The Labute approximate surface area is 123 Å². The fourth-order valence-corrected chi connectivity index (χ4v) is 3.72. The van der Waals surface area contributed by atoms with Gasteiger partial charge in [-0.05, 0) is 63.6 Å². The first-order valence-corrected chi connectivity index (χ1v) is 7.72. The molecule has 0 bridgehead atoms. The van der Waals surface area contributed by atoms with E-state index in [2.05, 4.69) is 33.2 Å². The highest BCUT2D eigenvalue weighted by Crippen LogP contribution is 2.37. The first-order valence-electron chi connectivity index (χ1n) is 6.93. The minimum absolute atomic E-state index is 0.183. The third-order valence-electron chi connectivity index (χ3n) is 4.00. The number of nitrogens with one attached hydrogen (secondary N) is 1. The second kappa shape index (κ2) is 6.82. The molecular weight excluding hydrogens is 307 g/mol. The van der Waals surface area contributed by atoms with Gasteiger partial charge < -0.3 is 5.32 Å². The molecule has 1 saturated heterocycles. The average molecular weight is 329 g/mol. The van der Waals surface area contributed by atoms with Crippen LogP contribution in [0.1, 0.15) is 30.9 Å². The van der Waals surface area contributed by atoms with E-state index in [4.69, 9.17) is 0 Å². The molecule has 2 nitrogen and oxygen atoms in total. The lowest BCUT2D eigenvalue weighted by molar-refractivity contribution is 0.190. The number of halogens is 2. The van der Waals surface area contributed by atoms with Crippen LogP contribution in [0.15, 0.2) is 22.7 Å². The maximum absolute atomic E-state index is 13.3. The van der Waals surface area contributed by atoms with E-state index in [1.54, 1.807) is 12.1 Å². The Morgan fingerprint density at radius 3 is 2.89 bits per heavy atom. The van der Waals surface area contributed by atoms with Crippen molar-refractivity contribution >= 4 is 15.9 Å². The standard InChI is InChI=1S/C15H22BrFN2/c1-18-10-11-5-3-4-8-19(2)15(11)13-7-6-12(17)9-14(13)16/h6-7,9,11,15,18H,3-5,8,10H2,1-2H3. The Hall–Kier alpha value is -0.450. The molecule has 1 aliphatic rings. The predicted molar refractivity (Wildman–Crippen MR) is 80.7 cm³/mol. The van der Waals surface area contributed by atoms with E-state index < -0.39 is 0 Å². The smallest absolute Gasteiger partial charge is 0.124 e. The normalized spacial score (nSPS) is 25.3. The zero-order chi connectivity index (χ0) is 13.8. The summed E-state index contributed by atoms with van der Waals surface area (Å²) in [4.78, 5) is 2.41. The average Bonchev–Trinajstić information content (AvgIpc) is 2.53. The summed E-state index contributed by atoms with van der Waals surface area (Å²) in [6.45, 7) is 2.10. The monoisotopic (exact) mass is 328 g/mol. The molecule has 1 aliphatic heterocycles. The molecule has 0 spiro atoms. The molecule has 1 fully saturated rings. The largest absolute Gasteiger partial charge is 0.319 e. The fraction of sp³-hybridized carbons (Fsp3) is 0.600. The Kier molecular flexibility index (Phi) is 5.37. The molecule has 0 aliphatic carbocycles. The van der Waals surface area contributed by atoms with E-state index in [1.165, 1.54) is 24.8 Å². The van der Waals surface area contributed by atoms with Crippen LogP contribution in [-0.2, 0) is 0 Å². The number of hydrogen-bond acceptors (Lipinski definition) is 2. The molecular formula is C15H22BrFN2. The maximum atomic E-state index is 13.3. The van der Waals surface area contributed by atoms with Gasteiger partial charge in [-0.15, -0.1) is 0 Å². The van der Waals surface area contributed by atoms with Crippen LogP contribution in [0.2, 0.25) is 0 Å². The Morgan fingerprint density at radius 2 is 2.21 bits per heavy atom. The molecule has 0 aromatic heterocycles. The molecule has 0 saturated carbocycles. The van der Waals surface area contributed by atoms with Gasteiger partial charge in [0.1, 0.15) is 5.82 Å². The van der Waals surface area contributed by atoms with Gasteiger partial charge in [0.25, 0.3) is 0 Å². The first-order chi connectivity index (χ1) is 9.13. The highest BCUT2D eigenvalue weighted by Gasteiger charge is 2.29. The second-order valence-corrected chi connectivity index (χ2v) is 6.26. The lowest BCUT2D eigenvalue weighted by atomic mass is 9.89. The van der Waals surface area contributed by atoms with Crippen molar-refractivity contribution in [3.63, 3.8) is 0 Å². The van der Waals surface area contributed by atoms with E-state index in [9.17, 15) is 4.39 Å². The maximum Gasteiger partial charge on any atom is 0.124 e. The lowest BCUT2D eigenvalue weighted by Crippen LogP contribution is -2.34. The van der Waals surface area contributed by atoms with E-state index in [-0.39, 0.29) is 5.82 Å². The van der Waals surface area contributed by atoms with Gasteiger partial charge in [0.05, 0.1) is 0 Å². The van der Waals surface area contributed by atoms with Crippen LogP contribution in [0.3, 0.4) is 0 Å². The molecule has 0 radical (unpaired) electrons. The van der Waals surface area contributed by atoms with Crippen molar-refractivity contribution in [2.75, 3.05) is 27.2 Å². The van der Waals surface area contributed by atoms with Crippen molar-refractivity contribution in [1.29, 1.82) is 0 Å². The topological polar surface area (TPSA) is 15.3 Å². The molecule has 1 aromatic carbocycles. The summed E-state index contributed by atoms with van der Waals surface area (Å²) >= 11 is 3.53. The molecule has 4 heteroatoms. The highest BCUT2D eigenvalue weighted by atomic mass is 79.9. The van der Waals surface area contributed by atoms with Gasteiger partial charge in [-0.3, -0.25) is 4.90 Å². The highest BCUT2D eigenvalue weighted by molar-refractivity contribution is 9.10. The van der Waals surface area contributed by atoms with Crippen LogP contribution in [-0.4, -0.2) is 32.1 Å². The van der Waals surface area contributed by atoms with Gasteiger partial charge in [0.2, 0.25) is 0 Å². The van der Waals surface area contributed by atoms with Gasteiger partial charge in [0.15, 0.2) is 0 Å². The first kappa shape index (κ1) is 14.9. The minimum atomic E-state index is -0.183. The van der Waals surface area contributed by atoms with Crippen molar-refractivity contribution in [3.05, 3.63) is 34.1 Å². The predicted octanol–water partition coefficient (Wildman–Crippen LogP) is 3.58. The quantitative estimate of drug-likeness (QED) is 0.912. The van der Waals surface area contributed by atoms with Crippen LogP contribution in [0, 0.1) is 11.7 Å². The van der Waals surface area contributed by atoms with E-state index in [0.717, 1.165) is 17.6 Å². The third kappa shape index (κ3) is 3.56. The minimum Gasteiger partial charge on any atom is -0.319 e. The Morgan fingerprint density at radius 1 is 1.42 bits per heavy atom. The van der Waals surface area contributed by atoms with Crippen LogP contribution >= 0.6 is 15.9 Å². The van der Waals surface area contributed by atoms with Crippen molar-refractivity contribution in [2.24, 2.45) is 5.92 Å².